The summed E-state index contributed by atoms with van der Waals surface area (Å²) in [6.45, 7) is 3.91. The summed E-state index contributed by atoms with van der Waals surface area (Å²) in [4.78, 5) is 24.8. The number of hydrogen-bond donors (Lipinski definition) is 2. The van der Waals surface area contributed by atoms with E-state index in [2.05, 4.69) is 10.6 Å². The molecule has 0 bridgehead atoms. The Hall–Kier alpha value is -2.71. The number of rotatable bonds is 4. The van der Waals surface area contributed by atoms with Gasteiger partial charge in [-0.05, 0) is 13.8 Å². The first-order chi connectivity index (χ1) is 12.9. The molecule has 2 aromatic rings. The third kappa shape index (κ3) is 3.45. The van der Waals surface area contributed by atoms with Crippen molar-refractivity contribution in [3.63, 3.8) is 0 Å². The van der Waals surface area contributed by atoms with Crippen LogP contribution in [0.5, 0.6) is 0 Å². The van der Waals surface area contributed by atoms with E-state index in [1.807, 2.05) is 37.3 Å². The molecule has 27 heavy (non-hydrogen) atoms. The van der Waals surface area contributed by atoms with E-state index in [0.717, 1.165) is 11.3 Å². The van der Waals surface area contributed by atoms with E-state index < -0.39 is 11.8 Å². The van der Waals surface area contributed by atoms with Gasteiger partial charge >= 0.3 is 0 Å². The third-order valence-electron chi connectivity index (χ3n) is 4.91. The first-order valence-corrected chi connectivity index (χ1v) is 8.93. The number of carbonyl (C=O) groups excluding carboxylic acids is 1. The second kappa shape index (κ2) is 6.79. The van der Waals surface area contributed by atoms with Crippen LogP contribution in [0.25, 0.3) is 0 Å². The van der Waals surface area contributed by atoms with Crippen LogP contribution in [0.1, 0.15) is 30.4 Å². The highest BCUT2D eigenvalue weighted by Crippen LogP contribution is 2.32. The first-order valence-electron chi connectivity index (χ1n) is 8.93. The molecule has 142 valence electrons. The maximum Gasteiger partial charge on any atom is 0.231 e. The Morgan fingerprint density at radius 1 is 1.41 bits per heavy atom. The fourth-order valence-corrected chi connectivity index (χ4v) is 3.54. The molecule has 1 aromatic heterocycles. The van der Waals surface area contributed by atoms with Gasteiger partial charge in [-0.1, -0.05) is 35.5 Å². The lowest BCUT2D eigenvalue weighted by molar-refractivity contribution is -0.131. The average Bonchev–Trinajstić information content (AvgIpc) is 3.35. The van der Waals surface area contributed by atoms with Crippen molar-refractivity contribution in [3.05, 3.63) is 53.4 Å². The summed E-state index contributed by atoms with van der Waals surface area (Å²) in [7, 11) is 0. The Morgan fingerprint density at radius 3 is 2.89 bits per heavy atom. The minimum atomic E-state index is -0.874. The van der Waals surface area contributed by atoms with Crippen molar-refractivity contribution in [2.45, 2.75) is 44.6 Å². The highest BCUT2D eigenvalue weighted by atomic mass is 16.7. The summed E-state index contributed by atoms with van der Waals surface area (Å²) in [5.74, 6) is 0.898. The van der Waals surface area contributed by atoms with E-state index in [1.165, 1.54) is 0 Å². The van der Waals surface area contributed by atoms with E-state index in [-0.39, 0.29) is 24.9 Å². The SMILES string of the molecule is Cc1cc(CC(=O)N2C[C@H](O)C[C@H]2C2=N[C@](C)(c3ccccc3)ON2)on1. The largest absolute Gasteiger partial charge is 0.391 e. The number of aromatic nitrogens is 1. The van der Waals surface area contributed by atoms with Gasteiger partial charge in [-0.3, -0.25) is 4.79 Å². The number of hydrogen-bond acceptors (Lipinski definition) is 7. The molecule has 1 aromatic carbocycles. The molecule has 0 radical (unpaired) electrons. The van der Waals surface area contributed by atoms with E-state index in [9.17, 15) is 9.90 Å². The van der Waals surface area contributed by atoms with Crippen molar-refractivity contribution in [3.8, 4) is 0 Å². The summed E-state index contributed by atoms with van der Waals surface area (Å²) in [6.07, 6.45) is -0.112. The number of aliphatic hydroxyl groups excluding tert-OH is 1. The molecule has 8 nitrogen and oxygen atoms in total. The molecule has 2 aliphatic rings. The Bertz CT molecular complexity index is 866. The van der Waals surface area contributed by atoms with Crippen LogP contribution in [-0.4, -0.2) is 45.6 Å². The number of nitrogens with zero attached hydrogens (tertiary/aromatic N) is 3. The Balaban J connectivity index is 1.54. The van der Waals surface area contributed by atoms with Gasteiger partial charge < -0.3 is 14.5 Å². The molecule has 0 saturated carbocycles. The molecule has 1 fully saturated rings. The quantitative estimate of drug-likeness (QED) is 0.841. The molecular weight excluding hydrogens is 348 g/mol. The lowest BCUT2D eigenvalue weighted by atomic mass is 10.1. The summed E-state index contributed by atoms with van der Waals surface area (Å²) >= 11 is 0. The number of benzene rings is 1. The Kier molecular flexibility index (Phi) is 4.45. The van der Waals surface area contributed by atoms with Crippen LogP contribution in [0.4, 0.5) is 0 Å². The number of aryl methyl sites for hydroxylation is 1. The van der Waals surface area contributed by atoms with Gasteiger partial charge in [0.05, 0.1) is 24.3 Å². The molecule has 1 amide bonds. The van der Waals surface area contributed by atoms with Crippen LogP contribution in [0.2, 0.25) is 0 Å². The van der Waals surface area contributed by atoms with Gasteiger partial charge in [0.2, 0.25) is 11.6 Å². The van der Waals surface area contributed by atoms with E-state index >= 15 is 0 Å². The normalized spacial score (nSPS) is 27.5. The van der Waals surface area contributed by atoms with Crippen molar-refractivity contribution in [2.24, 2.45) is 4.99 Å². The summed E-state index contributed by atoms with van der Waals surface area (Å²) in [5, 5.41) is 14.0. The number of amides is 1. The Labute approximate surface area is 156 Å². The van der Waals surface area contributed by atoms with Crippen LogP contribution in [0.15, 0.2) is 45.9 Å². The van der Waals surface area contributed by atoms with Crippen LogP contribution >= 0.6 is 0 Å². The second-order valence-corrected chi connectivity index (χ2v) is 7.11. The summed E-state index contributed by atoms with van der Waals surface area (Å²) < 4.78 is 5.14. The number of likely N-dealkylation sites (tertiary alicyclic amines) is 1. The van der Waals surface area contributed by atoms with Crippen molar-refractivity contribution < 1.29 is 19.3 Å². The van der Waals surface area contributed by atoms with Crippen molar-refractivity contribution in [2.75, 3.05) is 6.54 Å². The van der Waals surface area contributed by atoms with Crippen LogP contribution in [-0.2, 0) is 21.8 Å². The third-order valence-corrected chi connectivity index (χ3v) is 4.91. The number of amidine groups is 1. The highest BCUT2D eigenvalue weighted by Gasteiger charge is 2.43. The van der Waals surface area contributed by atoms with E-state index in [1.54, 1.807) is 17.9 Å². The smallest absolute Gasteiger partial charge is 0.231 e. The van der Waals surface area contributed by atoms with Gasteiger partial charge in [0.25, 0.3) is 0 Å². The zero-order chi connectivity index (χ0) is 19.0. The predicted octanol–water partition coefficient (Wildman–Crippen LogP) is 1.29. The van der Waals surface area contributed by atoms with Gasteiger partial charge in [-0.2, -0.15) is 0 Å². The number of β-amino-alcohol motifs (C(OH)–C–C–N with tert-alkyl or cyclic N) is 1. The lowest BCUT2D eigenvalue weighted by Crippen LogP contribution is -2.44. The van der Waals surface area contributed by atoms with Crippen molar-refractivity contribution >= 4 is 11.7 Å². The molecule has 3 atom stereocenters. The molecule has 2 N–H and O–H groups in total. The maximum atomic E-state index is 12.8. The molecular formula is C19H22N4O4. The molecule has 4 rings (SSSR count). The zero-order valence-electron chi connectivity index (χ0n) is 15.3. The minimum absolute atomic E-state index is 0.0914. The molecule has 8 heteroatoms. The topological polar surface area (TPSA) is 100 Å². The van der Waals surface area contributed by atoms with E-state index in [0.29, 0.717) is 18.0 Å². The van der Waals surface area contributed by atoms with Gasteiger partial charge in [-0.25, -0.2) is 15.3 Å². The fraction of sp³-hybridized carbons (Fsp3) is 0.421. The molecule has 1 saturated heterocycles. The molecule has 0 aliphatic carbocycles. The molecule has 2 aliphatic heterocycles. The molecule has 0 unspecified atom stereocenters. The van der Waals surface area contributed by atoms with Gasteiger partial charge in [0.1, 0.15) is 11.6 Å². The molecule has 3 heterocycles. The second-order valence-electron chi connectivity index (χ2n) is 7.11. The number of carbonyl (C=O) groups is 1. The predicted molar refractivity (Wildman–Crippen MR) is 96.5 cm³/mol. The van der Waals surface area contributed by atoms with E-state index in [4.69, 9.17) is 14.4 Å². The summed E-state index contributed by atoms with van der Waals surface area (Å²) in [6, 6.07) is 11.0. The monoisotopic (exact) mass is 370 g/mol. The molecule has 0 spiro atoms. The number of aliphatic imine (C=N–C) groups is 1. The maximum absolute atomic E-state index is 12.8. The van der Waals surface area contributed by atoms with Crippen LogP contribution in [0.3, 0.4) is 0 Å². The minimum Gasteiger partial charge on any atom is -0.391 e. The van der Waals surface area contributed by atoms with Crippen molar-refractivity contribution in [1.29, 1.82) is 0 Å². The number of nitrogens with one attached hydrogen (secondary N) is 1. The van der Waals surface area contributed by atoms with Crippen LogP contribution in [0, 0.1) is 6.92 Å². The van der Waals surface area contributed by atoms with Gasteiger partial charge in [0.15, 0.2) is 0 Å². The van der Waals surface area contributed by atoms with Crippen LogP contribution < -0.4 is 5.48 Å². The number of hydroxylamine groups is 1. The standard InChI is InChI=1S/C19H22N4O4/c1-12-8-15(26-21-12)10-17(25)23-11-14(24)9-16(23)18-20-19(2,27-22-18)13-6-4-3-5-7-13/h3-8,14,16,24H,9-11H2,1-2H3,(H,20,22)/t14-,16+,19+/m1/s1. The van der Waals surface area contributed by atoms with Gasteiger partial charge in [-0.15, -0.1) is 0 Å². The highest BCUT2D eigenvalue weighted by molar-refractivity contribution is 5.93. The Morgan fingerprint density at radius 2 is 2.19 bits per heavy atom. The fourth-order valence-electron chi connectivity index (χ4n) is 3.54. The number of aliphatic hydroxyl groups is 1. The first kappa shape index (κ1) is 17.7. The average molecular weight is 370 g/mol. The van der Waals surface area contributed by atoms with Gasteiger partial charge in [0, 0.05) is 24.6 Å². The van der Waals surface area contributed by atoms with Crippen molar-refractivity contribution in [1.82, 2.24) is 15.5 Å². The lowest BCUT2D eigenvalue weighted by Gasteiger charge is -2.23. The zero-order valence-corrected chi connectivity index (χ0v) is 15.3. The summed E-state index contributed by atoms with van der Waals surface area (Å²) in [5.41, 5.74) is 3.63.